The lowest BCUT2D eigenvalue weighted by atomic mass is 10.1. The quantitative estimate of drug-likeness (QED) is 0.471. The predicted octanol–water partition coefficient (Wildman–Crippen LogP) is 2.48. The Kier molecular flexibility index (Phi) is 3.28. The SMILES string of the molecule is C=CCOc1ccc2c(C)cc(=O)oc2c1C=O. The van der Waals surface area contributed by atoms with Gasteiger partial charge in [-0.15, -0.1) is 0 Å². The minimum atomic E-state index is -0.482. The summed E-state index contributed by atoms with van der Waals surface area (Å²) >= 11 is 0. The van der Waals surface area contributed by atoms with Gasteiger partial charge in [0.1, 0.15) is 12.4 Å². The van der Waals surface area contributed by atoms with Crippen LogP contribution in [-0.2, 0) is 0 Å². The highest BCUT2D eigenvalue weighted by Gasteiger charge is 2.12. The monoisotopic (exact) mass is 244 g/mol. The van der Waals surface area contributed by atoms with E-state index in [1.807, 2.05) is 0 Å². The first-order valence-electron chi connectivity index (χ1n) is 5.43. The summed E-state index contributed by atoms with van der Waals surface area (Å²) in [5, 5.41) is 0.725. The Hall–Kier alpha value is -2.36. The summed E-state index contributed by atoms with van der Waals surface area (Å²) < 4.78 is 10.4. The van der Waals surface area contributed by atoms with Crippen LogP contribution in [0.15, 0.2) is 40.1 Å². The third-order valence-electron chi connectivity index (χ3n) is 2.59. The number of carbonyl (C=O) groups is 1. The van der Waals surface area contributed by atoms with Crippen molar-refractivity contribution in [3.63, 3.8) is 0 Å². The number of carbonyl (C=O) groups excluding carboxylic acids is 1. The van der Waals surface area contributed by atoms with E-state index in [1.54, 1.807) is 25.1 Å². The molecule has 1 heterocycles. The minimum absolute atomic E-state index is 0.246. The second kappa shape index (κ2) is 4.87. The molecule has 4 heteroatoms. The van der Waals surface area contributed by atoms with Crippen molar-refractivity contribution >= 4 is 17.3 Å². The van der Waals surface area contributed by atoms with Gasteiger partial charge < -0.3 is 9.15 Å². The molecule has 18 heavy (non-hydrogen) atoms. The molecule has 92 valence electrons. The van der Waals surface area contributed by atoms with Gasteiger partial charge in [-0.05, 0) is 24.6 Å². The summed E-state index contributed by atoms with van der Waals surface area (Å²) in [5.74, 6) is 0.381. The van der Waals surface area contributed by atoms with Gasteiger partial charge in [-0.3, -0.25) is 4.79 Å². The van der Waals surface area contributed by atoms with Gasteiger partial charge in [0.05, 0.1) is 5.56 Å². The van der Waals surface area contributed by atoms with Crippen LogP contribution >= 0.6 is 0 Å². The molecule has 2 rings (SSSR count). The van der Waals surface area contributed by atoms with E-state index in [0.717, 1.165) is 10.9 Å². The molecule has 0 saturated carbocycles. The van der Waals surface area contributed by atoms with Gasteiger partial charge >= 0.3 is 5.63 Å². The third-order valence-corrected chi connectivity index (χ3v) is 2.59. The maximum Gasteiger partial charge on any atom is 0.336 e. The molecule has 0 fully saturated rings. The van der Waals surface area contributed by atoms with Crippen LogP contribution in [0.4, 0.5) is 0 Å². The number of aldehydes is 1. The molecule has 0 aliphatic rings. The van der Waals surface area contributed by atoms with Crippen LogP contribution in [0.3, 0.4) is 0 Å². The molecule has 1 aromatic carbocycles. The fourth-order valence-corrected chi connectivity index (χ4v) is 1.77. The average molecular weight is 244 g/mol. The molecule has 0 amide bonds. The van der Waals surface area contributed by atoms with Crippen LogP contribution in [-0.4, -0.2) is 12.9 Å². The number of ether oxygens (including phenoxy) is 1. The first kappa shape index (κ1) is 12.1. The summed E-state index contributed by atoms with van der Waals surface area (Å²) in [4.78, 5) is 22.5. The predicted molar refractivity (Wildman–Crippen MR) is 68.3 cm³/mol. The van der Waals surface area contributed by atoms with E-state index in [-0.39, 0.29) is 17.8 Å². The van der Waals surface area contributed by atoms with Gasteiger partial charge in [0.25, 0.3) is 0 Å². The van der Waals surface area contributed by atoms with Crippen molar-refractivity contribution in [2.75, 3.05) is 6.61 Å². The zero-order valence-corrected chi connectivity index (χ0v) is 9.93. The van der Waals surface area contributed by atoms with E-state index in [1.165, 1.54) is 6.07 Å². The van der Waals surface area contributed by atoms with Gasteiger partial charge in [0.2, 0.25) is 0 Å². The summed E-state index contributed by atoms with van der Waals surface area (Å²) in [6, 6.07) is 4.84. The number of aryl methyl sites for hydroxylation is 1. The smallest absolute Gasteiger partial charge is 0.336 e. The highest BCUT2D eigenvalue weighted by molar-refractivity contribution is 5.98. The maximum absolute atomic E-state index is 11.4. The van der Waals surface area contributed by atoms with Crippen molar-refractivity contribution < 1.29 is 13.9 Å². The number of rotatable bonds is 4. The second-order valence-corrected chi connectivity index (χ2v) is 3.82. The van der Waals surface area contributed by atoms with Crippen molar-refractivity contribution in [3.8, 4) is 5.75 Å². The molecule has 2 aromatic rings. The Bertz CT molecular complexity index is 667. The van der Waals surface area contributed by atoms with Crippen molar-refractivity contribution in [2.45, 2.75) is 6.92 Å². The zero-order chi connectivity index (χ0) is 13.1. The Morgan fingerprint density at radius 1 is 1.44 bits per heavy atom. The summed E-state index contributed by atoms with van der Waals surface area (Å²) in [5.41, 5.74) is 0.787. The van der Waals surface area contributed by atoms with E-state index >= 15 is 0 Å². The lowest BCUT2D eigenvalue weighted by molar-refractivity contribution is 0.112. The minimum Gasteiger partial charge on any atom is -0.489 e. The lowest BCUT2D eigenvalue weighted by Gasteiger charge is -2.08. The van der Waals surface area contributed by atoms with Crippen LogP contribution in [0.25, 0.3) is 11.0 Å². The van der Waals surface area contributed by atoms with Crippen molar-refractivity contribution in [1.29, 1.82) is 0 Å². The second-order valence-electron chi connectivity index (χ2n) is 3.82. The maximum atomic E-state index is 11.4. The highest BCUT2D eigenvalue weighted by Crippen LogP contribution is 2.27. The summed E-state index contributed by atoms with van der Waals surface area (Å²) in [6.07, 6.45) is 2.20. The van der Waals surface area contributed by atoms with Crippen LogP contribution < -0.4 is 10.4 Å². The topological polar surface area (TPSA) is 56.5 Å². The Morgan fingerprint density at radius 2 is 2.22 bits per heavy atom. The normalized spacial score (nSPS) is 10.3. The average Bonchev–Trinajstić information content (AvgIpc) is 2.35. The van der Waals surface area contributed by atoms with E-state index in [0.29, 0.717) is 12.0 Å². The number of benzene rings is 1. The highest BCUT2D eigenvalue weighted by atomic mass is 16.5. The lowest BCUT2D eigenvalue weighted by Crippen LogP contribution is -2.02. The molecule has 1 aromatic heterocycles. The Balaban J connectivity index is 2.74. The molecule has 0 N–H and O–H groups in total. The molecular weight excluding hydrogens is 232 g/mol. The van der Waals surface area contributed by atoms with E-state index < -0.39 is 5.63 Å². The Labute approximate surface area is 103 Å². The van der Waals surface area contributed by atoms with E-state index in [9.17, 15) is 9.59 Å². The molecule has 0 saturated heterocycles. The number of fused-ring (bicyclic) bond motifs is 1. The molecule has 4 nitrogen and oxygen atoms in total. The van der Waals surface area contributed by atoms with Crippen LogP contribution in [0.2, 0.25) is 0 Å². The molecule has 0 bridgehead atoms. The first-order chi connectivity index (χ1) is 8.67. The van der Waals surface area contributed by atoms with Crippen molar-refractivity contribution in [2.24, 2.45) is 0 Å². The fraction of sp³-hybridized carbons (Fsp3) is 0.143. The fourth-order valence-electron chi connectivity index (χ4n) is 1.77. The Morgan fingerprint density at radius 3 is 2.89 bits per heavy atom. The van der Waals surface area contributed by atoms with E-state index in [4.69, 9.17) is 9.15 Å². The standard InChI is InChI=1S/C14H12O4/c1-3-6-17-12-5-4-10-9(2)7-13(16)18-14(10)11(12)8-15/h3-5,7-8H,1,6H2,2H3. The molecule has 0 atom stereocenters. The van der Waals surface area contributed by atoms with Gasteiger partial charge in [0, 0.05) is 11.5 Å². The zero-order valence-electron chi connectivity index (χ0n) is 9.93. The summed E-state index contributed by atoms with van der Waals surface area (Å²) in [6.45, 7) is 5.60. The summed E-state index contributed by atoms with van der Waals surface area (Å²) in [7, 11) is 0. The number of hydrogen-bond acceptors (Lipinski definition) is 4. The van der Waals surface area contributed by atoms with Crippen molar-refractivity contribution in [3.05, 3.63) is 52.4 Å². The molecule has 0 spiro atoms. The number of hydrogen-bond donors (Lipinski definition) is 0. The van der Waals surface area contributed by atoms with Gasteiger partial charge in [-0.25, -0.2) is 4.79 Å². The van der Waals surface area contributed by atoms with E-state index in [2.05, 4.69) is 6.58 Å². The molecule has 0 aliphatic heterocycles. The molecule has 0 radical (unpaired) electrons. The third kappa shape index (κ3) is 2.05. The van der Waals surface area contributed by atoms with Crippen LogP contribution in [0.5, 0.6) is 5.75 Å². The van der Waals surface area contributed by atoms with Crippen LogP contribution in [0, 0.1) is 6.92 Å². The largest absolute Gasteiger partial charge is 0.489 e. The molecular formula is C14H12O4. The van der Waals surface area contributed by atoms with Gasteiger partial charge in [0.15, 0.2) is 11.9 Å². The van der Waals surface area contributed by atoms with Crippen molar-refractivity contribution in [1.82, 2.24) is 0 Å². The molecule has 0 unspecified atom stereocenters. The van der Waals surface area contributed by atoms with Gasteiger partial charge in [-0.1, -0.05) is 12.7 Å². The van der Waals surface area contributed by atoms with Gasteiger partial charge in [-0.2, -0.15) is 0 Å². The molecule has 0 aliphatic carbocycles. The first-order valence-corrected chi connectivity index (χ1v) is 5.43. The van der Waals surface area contributed by atoms with Crippen LogP contribution in [0.1, 0.15) is 15.9 Å².